The second-order valence-corrected chi connectivity index (χ2v) is 10.3. The maximum Gasteiger partial charge on any atom is 0.150 e. The Balaban J connectivity index is 2.59. The molecule has 0 aromatic carbocycles. The van der Waals surface area contributed by atoms with Crippen LogP contribution in [0.3, 0.4) is 0 Å². The van der Waals surface area contributed by atoms with Crippen LogP contribution in [-0.2, 0) is 9.84 Å². The van der Waals surface area contributed by atoms with Crippen LogP contribution in [0.15, 0.2) is 0 Å². The van der Waals surface area contributed by atoms with E-state index in [0.29, 0.717) is 12.0 Å². The minimum Gasteiger partial charge on any atom is -0.313 e. The molecular formula is C16H33NO2S2. The van der Waals surface area contributed by atoms with Crippen molar-refractivity contribution in [1.29, 1.82) is 0 Å². The summed E-state index contributed by atoms with van der Waals surface area (Å²) in [5.41, 5.74) is 0. The number of hydrogen-bond donors (Lipinski definition) is 1. The van der Waals surface area contributed by atoms with Gasteiger partial charge in [-0.15, -0.1) is 0 Å². The van der Waals surface area contributed by atoms with Gasteiger partial charge >= 0.3 is 0 Å². The fourth-order valence-corrected chi connectivity index (χ4v) is 5.50. The fraction of sp³-hybridized carbons (Fsp3) is 1.00. The van der Waals surface area contributed by atoms with Crippen molar-refractivity contribution in [3.05, 3.63) is 0 Å². The van der Waals surface area contributed by atoms with Crippen molar-refractivity contribution in [2.75, 3.05) is 24.3 Å². The molecule has 1 aliphatic rings. The highest BCUT2D eigenvalue weighted by Gasteiger charge is 2.32. The molecule has 3 unspecified atom stereocenters. The monoisotopic (exact) mass is 335 g/mol. The van der Waals surface area contributed by atoms with E-state index in [1.54, 1.807) is 0 Å². The summed E-state index contributed by atoms with van der Waals surface area (Å²) in [6.45, 7) is 7.72. The molecule has 0 aromatic heterocycles. The maximum atomic E-state index is 11.8. The zero-order valence-corrected chi connectivity index (χ0v) is 15.7. The van der Waals surface area contributed by atoms with E-state index in [2.05, 4.69) is 26.1 Å². The summed E-state index contributed by atoms with van der Waals surface area (Å²) in [5, 5.41) is 3.56. The average molecular weight is 336 g/mol. The fourth-order valence-electron chi connectivity index (χ4n) is 3.06. The Morgan fingerprint density at radius 2 is 1.95 bits per heavy atom. The van der Waals surface area contributed by atoms with E-state index in [1.807, 2.05) is 11.8 Å². The quantitative estimate of drug-likeness (QED) is 0.702. The Hall–Kier alpha value is 0.260. The van der Waals surface area contributed by atoms with Crippen molar-refractivity contribution in [3.8, 4) is 0 Å². The van der Waals surface area contributed by atoms with Crippen LogP contribution in [0.4, 0.5) is 0 Å². The predicted octanol–water partition coefficient (Wildman–Crippen LogP) is 3.35. The Morgan fingerprint density at radius 3 is 2.52 bits per heavy atom. The number of thioether (sulfide) groups is 1. The van der Waals surface area contributed by atoms with Crippen LogP contribution in [0.5, 0.6) is 0 Å². The first-order valence-electron chi connectivity index (χ1n) is 8.34. The summed E-state index contributed by atoms with van der Waals surface area (Å²) in [5.74, 6) is 3.54. The summed E-state index contributed by atoms with van der Waals surface area (Å²) < 4.78 is 23.7. The molecule has 0 aliphatic heterocycles. The van der Waals surface area contributed by atoms with Crippen LogP contribution in [-0.4, -0.2) is 44.0 Å². The molecule has 3 atom stereocenters. The molecular weight excluding hydrogens is 302 g/mol. The van der Waals surface area contributed by atoms with Crippen molar-refractivity contribution in [2.24, 2.45) is 11.8 Å². The first-order valence-corrected chi connectivity index (χ1v) is 11.5. The van der Waals surface area contributed by atoms with E-state index >= 15 is 0 Å². The molecule has 1 fully saturated rings. The molecule has 1 N–H and O–H groups in total. The molecule has 0 bridgehead atoms. The van der Waals surface area contributed by atoms with Crippen LogP contribution < -0.4 is 5.32 Å². The molecule has 0 spiro atoms. The van der Waals surface area contributed by atoms with Gasteiger partial charge in [0.25, 0.3) is 0 Å². The summed E-state index contributed by atoms with van der Waals surface area (Å²) in [4.78, 5) is 0. The van der Waals surface area contributed by atoms with Crippen molar-refractivity contribution in [1.82, 2.24) is 5.32 Å². The third-order valence-electron chi connectivity index (χ3n) is 4.25. The second-order valence-electron chi connectivity index (χ2n) is 6.87. The highest BCUT2D eigenvalue weighted by atomic mass is 32.2. The topological polar surface area (TPSA) is 46.2 Å². The van der Waals surface area contributed by atoms with Gasteiger partial charge in [-0.25, -0.2) is 8.42 Å². The lowest BCUT2D eigenvalue weighted by Gasteiger charge is -2.34. The molecule has 5 heteroatoms. The van der Waals surface area contributed by atoms with Crippen molar-refractivity contribution in [3.63, 3.8) is 0 Å². The summed E-state index contributed by atoms with van der Waals surface area (Å²) in [6.07, 6.45) is 6.48. The second kappa shape index (κ2) is 9.41. The van der Waals surface area contributed by atoms with Gasteiger partial charge in [-0.2, -0.15) is 11.8 Å². The van der Waals surface area contributed by atoms with Gasteiger partial charge in [-0.05, 0) is 49.8 Å². The van der Waals surface area contributed by atoms with E-state index in [1.165, 1.54) is 18.4 Å². The number of hydrogen-bond acceptors (Lipinski definition) is 4. The molecule has 1 aliphatic carbocycles. The number of nitrogens with one attached hydrogen (secondary N) is 1. The first kappa shape index (κ1) is 19.3. The molecule has 0 amide bonds. The largest absolute Gasteiger partial charge is 0.313 e. The highest BCUT2D eigenvalue weighted by Crippen LogP contribution is 2.32. The molecule has 0 heterocycles. The van der Waals surface area contributed by atoms with Gasteiger partial charge in [0.1, 0.15) is 9.84 Å². The lowest BCUT2D eigenvalue weighted by atomic mass is 9.84. The Morgan fingerprint density at radius 1 is 1.24 bits per heavy atom. The third kappa shape index (κ3) is 7.38. The molecule has 1 saturated carbocycles. The molecule has 0 aromatic rings. The zero-order valence-electron chi connectivity index (χ0n) is 14.1. The van der Waals surface area contributed by atoms with Gasteiger partial charge in [0, 0.05) is 18.1 Å². The van der Waals surface area contributed by atoms with E-state index in [9.17, 15) is 8.42 Å². The van der Waals surface area contributed by atoms with E-state index in [0.717, 1.165) is 43.9 Å². The minimum atomic E-state index is -2.88. The maximum absolute atomic E-state index is 11.8. The predicted molar refractivity (Wildman–Crippen MR) is 94.8 cm³/mol. The Labute approximate surface area is 136 Å². The standard InChI is InChI=1S/C16H33NO2S2/c1-5-9-17-16(12-20-11-13(2)3)14-7-6-8-15(10-14)21(4,18)19/h13-17H,5-12H2,1-4H3. The van der Waals surface area contributed by atoms with Gasteiger partial charge in [-0.3, -0.25) is 0 Å². The van der Waals surface area contributed by atoms with Crippen molar-refractivity contribution in [2.45, 2.75) is 64.2 Å². The van der Waals surface area contributed by atoms with Crippen LogP contribution in [0.1, 0.15) is 52.9 Å². The van der Waals surface area contributed by atoms with E-state index in [4.69, 9.17) is 0 Å². The van der Waals surface area contributed by atoms with Crippen LogP contribution in [0, 0.1) is 11.8 Å². The number of sulfone groups is 1. The summed E-state index contributed by atoms with van der Waals surface area (Å²) >= 11 is 2.01. The van der Waals surface area contributed by atoms with Gasteiger partial charge in [0.2, 0.25) is 0 Å². The van der Waals surface area contributed by atoms with Crippen LogP contribution in [0.25, 0.3) is 0 Å². The molecule has 1 rings (SSSR count). The van der Waals surface area contributed by atoms with E-state index < -0.39 is 9.84 Å². The smallest absolute Gasteiger partial charge is 0.150 e. The SMILES string of the molecule is CCCNC(CSCC(C)C)C1CCCC(S(C)(=O)=O)C1. The van der Waals surface area contributed by atoms with Gasteiger partial charge in [0.05, 0.1) is 5.25 Å². The molecule has 0 saturated heterocycles. The van der Waals surface area contributed by atoms with Crippen LogP contribution >= 0.6 is 11.8 Å². The Kier molecular flexibility index (Phi) is 8.65. The van der Waals surface area contributed by atoms with Crippen LogP contribution in [0.2, 0.25) is 0 Å². The lowest BCUT2D eigenvalue weighted by molar-refractivity contribution is 0.286. The van der Waals surface area contributed by atoms with Gasteiger partial charge < -0.3 is 5.32 Å². The molecule has 0 radical (unpaired) electrons. The van der Waals surface area contributed by atoms with Gasteiger partial charge in [-0.1, -0.05) is 27.2 Å². The van der Waals surface area contributed by atoms with Crippen molar-refractivity contribution < 1.29 is 8.42 Å². The normalized spacial score (nSPS) is 25.2. The molecule has 21 heavy (non-hydrogen) atoms. The van der Waals surface area contributed by atoms with E-state index in [-0.39, 0.29) is 5.25 Å². The lowest BCUT2D eigenvalue weighted by Crippen LogP contribution is -2.43. The first-order chi connectivity index (χ1) is 9.84. The highest BCUT2D eigenvalue weighted by molar-refractivity contribution is 7.99. The molecule has 3 nitrogen and oxygen atoms in total. The summed E-state index contributed by atoms with van der Waals surface area (Å²) in [6, 6.07) is 0.471. The Bertz CT molecular complexity index is 382. The van der Waals surface area contributed by atoms with Gasteiger partial charge in [0.15, 0.2) is 0 Å². The third-order valence-corrected chi connectivity index (χ3v) is 7.38. The summed E-state index contributed by atoms with van der Waals surface area (Å²) in [7, 11) is -2.88. The average Bonchev–Trinajstić information content (AvgIpc) is 2.41. The zero-order chi connectivity index (χ0) is 15.9. The van der Waals surface area contributed by atoms with Crippen molar-refractivity contribution >= 4 is 21.6 Å². The minimum absolute atomic E-state index is 0.114. The molecule has 126 valence electrons. The number of rotatable bonds is 9.